The molecule has 1 aliphatic carbocycles. The van der Waals surface area contributed by atoms with Crippen LogP contribution in [0.15, 0.2) is 64.5 Å². The molecule has 0 saturated carbocycles. The number of thiophene rings is 1. The molecule has 0 amide bonds. The van der Waals surface area contributed by atoms with Gasteiger partial charge >= 0.3 is 0 Å². The third kappa shape index (κ3) is 3.84. The van der Waals surface area contributed by atoms with Crippen molar-refractivity contribution in [2.75, 3.05) is 0 Å². The number of fused-ring (bicyclic) bond motifs is 3. The van der Waals surface area contributed by atoms with E-state index in [1.807, 2.05) is 30.3 Å². The van der Waals surface area contributed by atoms with Crippen molar-refractivity contribution in [1.82, 2.24) is 9.55 Å². The summed E-state index contributed by atoms with van der Waals surface area (Å²) in [5, 5.41) is 12.3. The number of hydrogen-bond donors (Lipinski definition) is 0. The van der Waals surface area contributed by atoms with E-state index in [-0.39, 0.29) is 11.2 Å². The highest BCUT2D eigenvalue weighted by atomic mass is 32.2. The maximum atomic E-state index is 13.7. The molecule has 32 heavy (non-hydrogen) atoms. The highest BCUT2D eigenvalue weighted by molar-refractivity contribution is 7.98. The predicted octanol–water partition coefficient (Wildman–Crippen LogP) is 5.77. The molecule has 0 radical (unpaired) electrons. The molecule has 0 N–H and O–H groups in total. The summed E-state index contributed by atoms with van der Waals surface area (Å²) in [6.45, 7) is 2.26. The Morgan fingerprint density at radius 3 is 2.66 bits per heavy atom. The third-order valence-corrected chi connectivity index (χ3v) is 7.99. The first-order valence-corrected chi connectivity index (χ1v) is 12.3. The maximum Gasteiger partial charge on any atom is 0.269 e. The van der Waals surface area contributed by atoms with Crippen molar-refractivity contribution in [2.24, 2.45) is 5.92 Å². The minimum absolute atomic E-state index is 0.0144. The van der Waals surface area contributed by atoms with Crippen molar-refractivity contribution >= 4 is 39.0 Å². The van der Waals surface area contributed by atoms with E-state index < -0.39 is 4.92 Å². The van der Waals surface area contributed by atoms with Gasteiger partial charge in [-0.05, 0) is 48.4 Å². The summed E-state index contributed by atoms with van der Waals surface area (Å²) in [5.74, 6) is 1.19. The van der Waals surface area contributed by atoms with E-state index in [9.17, 15) is 14.9 Å². The van der Waals surface area contributed by atoms with Crippen LogP contribution in [0, 0.1) is 16.0 Å². The fourth-order valence-corrected chi connectivity index (χ4v) is 6.53. The number of aromatic nitrogens is 2. The van der Waals surface area contributed by atoms with E-state index in [1.54, 1.807) is 28.0 Å². The van der Waals surface area contributed by atoms with Crippen LogP contribution in [-0.2, 0) is 18.6 Å². The Morgan fingerprint density at radius 1 is 1.19 bits per heavy atom. The SMILES string of the molecule is CC1CCc2c(sc3nc(SCc4ccc([N+](=O)[O-])cc4)n(-c4ccccc4)c(=O)c23)C1. The van der Waals surface area contributed by atoms with Gasteiger partial charge in [0, 0.05) is 22.8 Å². The molecular formula is C24H21N3O3S2. The number of nitro benzene ring substituents is 1. The fraction of sp³-hybridized carbons (Fsp3) is 0.250. The van der Waals surface area contributed by atoms with Gasteiger partial charge in [-0.25, -0.2) is 4.98 Å². The molecule has 8 heteroatoms. The fourth-order valence-electron chi connectivity index (χ4n) is 4.13. The maximum absolute atomic E-state index is 13.7. The molecule has 162 valence electrons. The van der Waals surface area contributed by atoms with Gasteiger partial charge in [0.1, 0.15) is 4.83 Å². The summed E-state index contributed by atoms with van der Waals surface area (Å²) < 4.78 is 1.71. The lowest BCUT2D eigenvalue weighted by atomic mass is 9.89. The van der Waals surface area contributed by atoms with Gasteiger partial charge in [-0.3, -0.25) is 19.5 Å². The number of nitrogens with zero attached hydrogens (tertiary/aromatic N) is 3. The number of thioether (sulfide) groups is 1. The molecule has 4 aromatic rings. The highest BCUT2D eigenvalue weighted by Crippen LogP contribution is 2.37. The Morgan fingerprint density at radius 2 is 1.94 bits per heavy atom. The molecule has 0 bridgehead atoms. The summed E-state index contributed by atoms with van der Waals surface area (Å²) in [6, 6.07) is 16.1. The molecule has 1 unspecified atom stereocenters. The van der Waals surface area contributed by atoms with E-state index in [2.05, 4.69) is 6.92 Å². The van der Waals surface area contributed by atoms with Crippen LogP contribution >= 0.6 is 23.1 Å². The first-order chi connectivity index (χ1) is 15.5. The quantitative estimate of drug-likeness (QED) is 0.162. The lowest BCUT2D eigenvalue weighted by Crippen LogP contribution is -2.22. The second-order valence-corrected chi connectivity index (χ2v) is 10.1. The van der Waals surface area contributed by atoms with Gasteiger partial charge in [-0.1, -0.05) is 49.0 Å². The van der Waals surface area contributed by atoms with Gasteiger partial charge in [0.05, 0.1) is 16.0 Å². The smallest absolute Gasteiger partial charge is 0.268 e. The molecule has 2 heterocycles. The summed E-state index contributed by atoms with van der Waals surface area (Å²) in [7, 11) is 0. The van der Waals surface area contributed by atoms with Crippen molar-refractivity contribution in [1.29, 1.82) is 0 Å². The molecule has 0 saturated heterocycles. The molecule has 2 aromatic carbocycles. The van der Waals surface area contributed by atoms with E-state index in [0.29, 0.717) is 16.8 Å². The van der Waals surface area contributed by atoms with Gasteiger partial charge in [0.25, 0.3) is 11.2 Å². The summed E-state index contributed by atoms with van der Waals surface area (Å²) in [4.78, 5) is 31.3. The summed E-state index contributed by atoms with van der Waals surface area (Å²) in [5.41, 5.74) is 2.96. The van der Waals surface area contributed by atoms with Crippen LogP contribution in [0.4, 0.5) is 5.69 Å². The van der Waals surface area contributed by atoms with Gasteiger partial charge in [0.15, 0.2) is 5.16 Å². The van der Waals surface area contributed by atoms with Crippen molar-refractivity contribution in [3.63, 3.8) is 0 Å². The van der Waals surface area contributed by atoms with E-state index in [4.69, 9.17) is 4.98 Å². The number of non-ortho nitro benzene ring substituents is 1. The molecule has 6 nitrogen and oxygen atoms in total. The Bertz CT molecular complexity index is 1360. The lowest BCUT2D eigenvalue weighted by molar-refractivity contribution is -0.384. The van der Waals surface area contributed by atoms with Crippen LogP contribution in [0.2, 0.25) is 0 Å². The van der Waals surface area contributed by atoms with Crippen LogP contribution in [0.25, 0.3) is 15.9 Å². The Hall–Kier alpha value is -2.97. The monoisotopic (exact) mass is 463 g/mol. The molecule has 0 aliphatic heterocycles. The van der Waals surface area contributed by atoms with Crippen molar-refractivity contribution in [3.05, 3.63) is 91.1 Å². The van der Waals surface area contributed by atoms with Crippen LogP contribution in [0.3, 0.4) is 0 Å². The van der Waals surface area contributed by atoms with Crippen LogP contribution in [0.5, 0.6) is 0 Å². The molecule has 0 spiro atoms. The standard InChI is InChI=1S/C24H21N3O3S2/c1-15-7-12-19-20(13-15)32-22-21(19)23(28)26(17-5-3-2-4-6-17)24(25-22)31-14-16-8-10-18(11-9-16)27(29)30/h2-6,8-11,15H,7,12-14H2,1H3. The summed E-state index contributed by atoms with van der Waals surface area (Å²) in [6.07, 6.45) is 3.03. The zero-order valence-electron chi connectivity index (χ0n) is 17.5. The highest BCUT2D eigenvalue weighted by Gasteiger charge is 2.25. The van der Waals surface area contributed by atoms with Crippen LogP contribution in [0.1, 0.15) is 29.3 Å². The van der Waals surface area contributed by atoms with Gasteiger partial charge in [-0.15, -0.1) is 11.3 Å². The van der Waals surface area contributed by atoms with Crippen LogP contribution < -0.4 is 5.56 Å². The Labute approximate surface area is 193 Å². The zero-order valence-corrected chi connectivity index (χ0v) is 19.1. The first-order valence-electron chi connectivity index (χ1n) is 10.5. The van der Waals surface area contributed by atoms with E-state index in [1.165, 1.54) is 34.3 Å². The largest absolute Gasteiger partial charge is 0.269 e. The average molecular weight is 464 g/mol. The number of rotatable bonds is 5. The Balaban J connectivity index is 1.59. The van der Waals surface area contributed by atoms with Gasteiger partial charge in [-0.2, -0.15) is 0 Å². The topological polar surface area (TPSA) is 78.0 Å². The van der Waals surface area contributed by atoms with Gasteiger partial charge in [0.2, 0.25) is 0 Å². The van der Waals surface area contributed by atoms with Crippen LogP contribution in [-0.4, -0.2) is 14.5 Å². The van der Waals surface area contributed by atoms with E-state index in [0.717, 1.165) is 40.7 Å². The van der Waals surface area contributed by atoms with Crippen molar-refractivity contribution in [3.8, 4) is 5.69 Å². The molecule has 2 aromatic heterocycles. The molecule has 1 atom stereocenters. The Kier molecular flexibility index (Phi) is 5.57. The third-order valence-electron chi connectivity index (χ3n) is 5.83. The number of aryl methyl sites for hydroxylation is 1. The number of para-hydroxylation sites is 1. The first kappa shape index (κ1) is 20.9. The zero-order chi connectivity index (χ0) is 22.2. The number of nitro groups is 1. The van der Waals surface area contributed by atoms with Gasteiger partial charge < -0.3 is 0 Å². The number of benzene rings is 2. The minimum Gasteiger partial charge on any atom is -0.268 e. The lowest BCUT2D eigenvalue weighted by Gasteiger charge is -2.17. The summed E-state index contributed by atoms with van der Waals surface area (Å²) >= 11 is 3.12. The van der Waals surface area contributed by atoms with Crippen molar-refractivity contribution in [2.45, 2.75) is 37.1 Å². The number of hydrogen-bond acceptors (Lipinski definition) is 6. The second-order valence-electron chi connectivity index (χ2n) is 8.11. The molecular weight excluding hydrogens is 442 g/mol. The van der Waals surface area contributed by atoms with Crippen molar-refractivity contribution < 1.29 is 4.92 Å². The normalized spacial score (nSPS) is 15.6. The minimum atomic E-state index is -0.404. The predicted molar refractivity (Wildman–Crippen MR) is 129 cm³/mol. The molecule has 0 fully saturated rings. The molecule has 5 rings (SSSR count). The van der Waals surface area contributed by atoms with E-state index >= 15 is 0 Å². The average Bonchev–Trinajstić information content (AvgIpc) is 3.16. The molecule has 1 aliphatic rings. The second kappa shape index (κ2) is 8.52.